The number of nitrogen functional groups attached to an aromatic ring is 1. The highest BCUT2D eigenvalue weighted by atomic mass is 35.5. The maximum absolute atomic E-state index is 14.5. The molecule has 27 heteroatoms. The van der Waals surface area contributed by atoms with Gasteiger partial charge < -0.3 is 21.7 Å². The van der Waals surface area contributed by atoms with Gasteiger partial charge in [0.2, 0.25) is 0 Å². The summed E-state index contributed by atoms with van der Waals surface area (Å²) in [6.45, 7) is 18.0. The SMILES string of the molecule is Cc1cc(C(F)(C(F)(F)F)C(F)(F)F)cc(C)c1NC(=O)c1cc(N)cc(C#N)c1.[C-]#[N+]c1ccc(C(=O)Cl)cc1.[C-]#[N+]c1ccc(C(=O)Nc2cc(C#N)cc(C(=O)Nc3c(C)cc(C(F)(C(F)(F)F)C(F)(F)F)cc3C)c2)cc1. The summed E-state index contributed by atoms with van der Waals surface area (Å²) >= 11 is 5.18. The first-order valence-electron chi connectivity index (χ1n) is 22.2. The normalized spacial score (nSPS) is 11.6. The number of nitrogens with one attached hydrogen (secondary N) is 3. The van der Waals surface area contributed by atoms with Gasteiger partial charge in [-0.2, -0.15) is 63.2 Å². The molecule has 6 aromatic rings. The number of carbonyl (C=O) groups excluding carboxylic acids is 4. The zero-order valence-electron chi connectivity index (χ0n) is 41.6. The molecule has 12 nitrogen and oxygen atoms in total. The van der Waals surface area contributed by atoms with E-state index >= 15 is 0 Å². The highest BCUT2D eigenvalue weighted by molar-refractivity contribution is 6.67. The lowest BCUT2D eigenvalue weighted by Crippen LogP contribution is -2.50. The molecule has 6 aromatic carbocycles. The van der Waals surface area contributed by atoms with Crippen LogP contribution in [0, 0.1) is 63.5 Å². The number of amides is 3. The zero-order chi connectivity index (χ0) is 61.4. The molecule has 0 saturated heterocycles. The van der Waals surface area contributed by atoms with Crippen molar-refractivity contribution in [3.63, 3.8) is 0 Å². The maximum Gasteiger partial charge on any atom is 0.435 e. The van der Waals surface area contributed by atoms with Crippen molar-refractivity contribution in [2.24, 2.45) is 0 Å². The molecule has 0 unspecified atom stereocenters. The van der Waals surface area contributed by atoms with Gasteiger partial charge in [-0.15, -0.1) is 0 Å². The van der Waals surface area contributed by atoms with E-state index < -0.39 is 70.1 Å². The van der Waals surface area contributed by atoms with E-state index in [0.29, 0.717) is 41.2 Å². The maximum atomic E-state index is 14.5. The fourth-order valence-corrected chi connectivity index (χ4v) is 7.49. The molecule has 0 saturated carbocycles. The molecule has 0 radical (unpaired) electrons. The molecule has 0 bridgehead atoms. The second-order valence-electron chi connectivity index (χ2n) is 17.1. The number of nitrogens with two attached hydrogens (primary N) is 1. The molecule has 0 aromatic heterocycles. The smallest absolute Gasteiger partial charge is 0.399 e. The van der Waals surface area contributed by atoms with E-state index in [2.05, 4.69) is 25.6 Å². The Morgan fingerprint density at radius 1 is 0.469 bits per heavy atom. The van der Waals surface area contributed by atoms with Crippen LogP contribution < -0.4 is 21.7 Å². The average Bonchev–Trinajstić information content (AvgIpc) is 3.59. The number of halogens is 15. The van der Waals surface area contributed by atoms with Crippen LogP contribution in [0.3, 0.4) is 0 Å². The topological polar surface area (TPSA) is 187 Å². The molecule has 0 aliphatic carbocycles. The Labute approximate surface area is 455 Å². The Bertz CT molecular complexity index is 3520. The molecule has 420 valence electrons. The van der Waals surface area contributed by atoms with Crippen molar-refractivity contribution in [2.45, 2.75) is 63.7 Å². The largest absolute Gasteiger partial charge is 0.435 e. The number of hydrogen-bond donors (Lipinski definition) is 4. The average molecular weight is 1160 g/mol. The Kier molecular flexibility index (Phi) is 19.5. The lowest BCUT2D eigenvalue weighted by Gasteiger charge is -2.31. The predicted octanol–water partition coefficient (Wildman–Crippen LogP) is 15.4. The van der Waals surface area contributed by atoms with Crippen LogP contribution in [-0.4, -0.2) is 47.7 Å². The minimum absolute atomic E-state index is 0.0322. The van der Waals surface area contributed by atoms with Crippen LogP contribution in [0.1, 0.15) is 85.9 Å². The summed E-state index contributed by atoms with van der Waals surface area (Å²) in [6.07, 6.45) is -25.1. The number of anilines is 4. The summed E-state index contributed by atoms with van der Waals surface area (Å²) in [6, 6.07) is 24.2. The van der Waals surface area contributed by atoms with Gasteiger partial charge in [-0.1, -0.05) is 72.8 Å². The first kappa shape index (κ1) is 64.0. The Balaban J connectivity index is 0.000000301. The molecular formula is C54H35ClF14N8O4. The Morgan fingerprint density at radius 3 is 1.11 bits per heavy atom. The third-order valence-corrected chi connectivity index (χ3v) is 11.5. The standard InChI is InChI=1S/C27H17F7N4O2.C19H14F7N3O.C8H4ClNO/c1-14-8-19(25(28,26(29,30)31)27(32,33)34)9-15(2)22(14)38-24(40)18-10-16(13-35)11-21(12-18)37-23(39)17-4-6-20(36-3)7-5-17;1-9-3-13(17(20,18(21,22)23)19(24,25)26)4-10(2)15(9)29-16(30)12-5-11(8-27)6-14(28)7-12;1-10-7-4-2-6(3-5-7)8(9)11/h4-12H,1-2H3,(H,37,39)(H,38,40);3-7H,28H2,1-2H3,(H,29,30);2-5H. The molecule has 81 heavy (non-hydrogen) atoms. The van der Waals surface area contributed by atoms with Crippen LogP contribution in [0.4, 0.5) is 95.6 Å². The van der Waals surface area contributed by atoms with Crippen LogP contribution in [0.25, 0.3) is 9.69 Å². The van der Waals surface area contributed by atoms with Gasteiger partial charge in [0.05, 0.1) is 36.4 Å². The zero-order valence-corrected chi connectivity index (χ0v) is 42.3. The van der Waals surface area contributed by atoms with E-state index in [9.17, 15) is 85.9 Å². The molecule has 3 amide bonds. The second kappa shape index (κ2) is 24.6. The summed E-state index contributed by atoms with van der Waals surface area (Å²) < 4.78 is 186. The summed E-state index contributed by atoms with van der Waals surface area (Å²) in [5, 5.41) is 25.0. The first-order chi connectivity index (χ1) is 37.4. The van der Waals surface area contributed by atoms with Crippen molar-refractivity contribution in [3.8, 4) is 12.1 Å². The summed E-state index contributed by atoms with van der Waals surface area (Å²) in [4.78, 5) is 54.9. The number of nitrogens with zero attached hydrogens (tertiary/aromatic N) is 4. The van der Waals surface area contributed by atoms with Gasteiger partial charge in [-0.3, -0.25) is 19.2 Å². The van der Waals surface area contributed by atoms with E-state index in [4.69, 9.17) is 35.7 Å². The molecule has 0 spiro atoms. The molecule has 0 atom stereocenters. The third-order valence-electron chi connectivity index (χ3n) is 11.3. The van der Waals surface area contributed by atoms with Crippen molar-refractivity contribution < 1.29 is 80.6 Å². The van der Waals surface area contributed by atoms with Crippen LogP contribution >= 0.6 is 11.6 Å². The van der Waals surface area contributed by atoms with Crippen molar-refractivity contribution in [1.82, 2.24) is 0 Å². The lowest BCUT2D eigenvalue weighted by molar-refractivity contribution is -0.349. The quantitative estimate of drug-likeness (QED) is 0.0480. The minimum atomic E-state index is -6.30. The van der Waals surface area contributed by atoms with E-state index in [0.717, 1.165) is 33.8 Å². The van der Waals surface area contributed by atoms with Crippen molar-refractivity contribution in [2.75, 3.05) is 21.7 Å². The van der Waals surface area contributed by atoms with E-state index in [1.807, 2.05) is 6.07 Å². The van der Waals surface area contributed by atoms with Gasteiger partial charge in [0.1, 0.15) is 0 Å². The highest BCUT2D eigenvalue weighted by Crippen LogP contribution is 2.55. The van der Waals surface area contributed by atoms with Crippen LogP contribution in [-0.2, 0) is 11.3 Å². The predicted molar refractivity (Wildman–Crippen MR) is 268 cm³/mol. The molecule has 0 heterocycles. The third kappa shape index (κ3) is 14.6. The van der Waals surface area contributed by atoms with Gasteiger partial charge >= 0.3 is 36.0 Å². The summed E-state index contributed by atoms with van der Waals surface area (Å²) in [5.74, 6) is -2.34. The fraction of sp³-hybridized carbons (Fsp3) is 0.185. The number of carbonyl (C=O) groups is 4. The van der Waals surface area contributed by atoms with Gasteiger partial charge in [-0.25, -0.2) is 18.5 Å². The van der Waals surface area contributed by atoms with E-state index in [-0.39, 0.29) is 72.8 Å². The van der Waals surface area contributed by atoms with E-state index in [1.54, 1.807) is 18.2 Å². The van der Waals surface area contributed by atoms with Crippen LogP contribution in [0.5, 0.6) is 0 Å². The lowest BCUT2D eigenvalue weighted by atomic mass is 9.90. The molecule has 6 rings (SSSR count). The monoisotopic (exact) mass is 1160 g/mol. The van der Waals surface area contributed by atoms with Crippen molar-refractivity contribution in [1.29, 1.82) is 10.5 Å². The number of hydrogen-bond acceptors (Lipinski definition) is 7. The molecule has 0 aliphatic heterocycles. The Hall–Kier alpha value is -9.53. The first-order valence-corrected chi connectivity index (χ1v) is 22.6. The van der Waals surface area contributed by atoms with E-state index in [1.165, 1.54) is 66.7 Å². The van der Waals surface area contributed by atoms with Crippen LogP contribution in [0.15, 0.2) is 109 Å². The molecule has 0 fully saturated rings. The van der Waals surface area contributed by atoms with Gasteiger partial charge in [0, 0.05) is 56.1 Å². The van der Waals surface area contributed by atoms with Gasteiger partial charge in [0.25, 0.3) is 23.0 Å². The van der Waals surface area contributed by atoms with Crippen molar-refractivity contribution in [3.05, 3.63) is 199 Å². The van der Waals surface area contributed by atoms with Crippen LogP contribution in [0.2, 0.25) is 0 Å². The molecular weight excluding hydrogens is 1130 g/mol. The number of benzene rings is 6. The number of aryl methyl sites for hydroxylation is 4. The number of alkyl halides is 14. The van der Waals surface area contributed by atoms with Gasteiger partial charge in [-0.05, 0) is 97.9 Å². The summed E-state index contributed by atoms with van der Waals surface area (Å²) in [7, 11) is 0. The second-order valence-corrected chi connectivity index (χ2v) is 17.4. The summed E-state index contributed by atoms with van der Waals surface area (Å²) in [5.41, 5.74) is -8.94. The fourth-order valence-electron chi connectivity index (χ4n) is 7.37. The highest BCUT2D eigenvalue weighted by Gasteiger charge is 2.74. The Morgan fingerprint density at radius 2 is 0.790 bits per heavy atom. The molecule has 0 aliphatic rings. The van der Waals surface area contributed by atoms with Gasteiger partial charge in [0.15, 0.2) is 11.4 Å². The number of rotatable bonds is 9. The number of nitriles is 2. The molecule has 5 N–H and O–H groups in total. The van der Waals surface area contributed by atoms with Crippen molar-refractivity contribution >= 4 is 68.7 Å². The minimum Gasteiger partial charge on any atom is -0.399 e.